The van der Waals surface area contributed by atoms with Crippen molar-refractivity contribution in [2.75, 3.05) is 13.1 Å². The van der Waals surface area contributed by atoms with Gasteiger partial charge in [-0.25, -0.2) is 4.79 Å². The molecule has 1 saturated carbocycles. The molecule has 1 saturated heterocycles. The smallest absolute Gasteiger partial charge is 0.408 e. The van der Waals surface area contributed by atoms with E-state index in [1.807, 2.05) is 20.8 Å². The molecule has 312 valence electrons. The maximum Gasteiger partial charge on any atom is 0.408 e. The highest BCUT2D eigenvalue weighted by molar-refractivity contribution is 6.38. The van der Waals surface area contributed by atoms with Crippen LogP contribution < -0.4 is 27.0 Å². The summed E-state index contributed by atoms with van der Waals surface area (Å²) < 4.78 is 16.9. The van der Waals surface area contributed by atoms with Gasteiger partial charge in [0.25, 0.3) is 5.91 Å². The summed E-state index contributed by atoms with van der Waals surface area (Å²) in [5.41, 5.74) is 3.08. The zero-order valence-corrected chi connectivity index (χ0v) is 34.3. The molecular formula is C38H64N6O11. The summed E-state index contributed by atoms with van der Waals surface area (Å²) in [6.07, 6.45) is 2.89. The minimum Gasteiger partial charge on any atom is -0.460 e. The third kappa shape index (κ3) is 16.5. The first-order valence-corrected chi connectivity index (χ1v) is 19.2. The van der Waals surface area contributed by atoms with Gasteiger partial charge in [-0.2, -0.15) is 0 Å². The summed E-state index contributed by atoms with van der Waals surface area (Å²) in [4.78, 5) is 106. The number of hydrogen-bond donors (Lipinski definition) is 5. The van der Waals surface area contributed by atoms with Gasteiger partial charge in [-0.3, -0.25) is 33.6 Å². The third-order valence-electron chi connectivity index (χ3n) is 8.74. The number of primary amides is 1. The van der Waals surface area contributed by atoms with Crippen molar-refractivity contribution in [3.05, 3.63) is 0 Å². The van der Waals surface area contributed by atoms with E-state index in [0.717, 1.165) is 19.3 Å². The molecule has 17 heteroatoms. The number of Topliss-reactive ketones (excluding diaryl/α,β-unsaturated/α-hetero) is 1. The number of esters is 1. The Labute approximate surface area is 324 Å². The Morgan fingerprint density at radius 2 is 1.38 bits per heavy atom. The fourth-order valence-electron chi connectivity index (χ4n) is 6.59. The van der Waals surface area contributed by atoms with Gasteiger partial charge in [-0.15, -0.1) is 0 Å². The zero-order chi connectivity index (χ0) is 41.9. The molecule has 2 fully saturated rings. The van der Waals surface area contributed by atoms with Crippen LogP contribution in [0.15, 0.2) is 0 Å². The molecule has 5 atom stereocenters. The second-order valence-corrected chi connectivity index (χ2v) is 17.3. The summed E-state index contributed by atoms with van der Waals surface area (Å²) in [6, 6.07) is -4.80. The highest BCUT2D eigenvalue weighted by atomic mass is 16.6. The molecule has 0 bridgehead atoms. The number of nitrogens with two attached hydrogens (primary N) is 1. The molecule has 0 aromatic carbocycles. The van der Waals surface area contributed by atoms with Crippen molar-refractivity contribution in [1.82, 2.24) is 26.2 Å². The van der Waals surface area contributed by atoms with Crippen molar-refractivity contribution >= 4 is 47.4 Å². The van der Waals surface area contributed by atoms with Gasteiger partial charge in [0.15, 0.2) is 0 Å². The van der Waals surface area contributed by atoms with Gasteiger partial charge in [0.1, 0.15) is 29.3 Å². The van der Waals surface area contributed by atoms with Gasteiger partial charge in [-0.05, 0) is 87.5 Å². The highest BCUT2D eigenvalue weighted by Crippen LogP contribution is 2.31. The van der Waals surface area contributed by atoms with Crippen LogP contribution in [-0.2, 0) is 47.8 Å². The molecule has 6 N–H and O–H groups in total. The molecule has 17 nitrogen and oxygen atoms in total. The first-order chi connectivity index (χ1) is 25.3. The second-order valence-electron chi connectivity index (χ2n) is 17.3. The van der Waals surface area contributed by atoms with E-state index in [9.17, 15) is 38.4 Å². The first kappa shape index (κ1) is 46.9. The number of amides is 6. The van der Waals surface area contributed by atoms with Gasteiger partial charge in [-0.1, -0.05) is 32.6 Å². The number of likely N-dealkylation sites (tertiary alicyclic amines) is 1. The lowest BCUT2D eigenvalue weighted by molar-refractivity contribution is -0.156. The summed E-state index contributed by atoms with van der Waals surface area (Å²) in [5.74, 6) is -6.24. The number of rotatable bonds is 16. The minimum absolute atomic E-state index is 0.0512. The van der Waals surface area contributed by atoms with Crippen LogP contribution in [-0.4, -0.2) is 112 Å². The summed E-state index contributed by atoms with van der Waals surface area (Å²) in [7, 11) is 0. The molecule has 1 aliphatic carbocycles. The van der Waals surface area contributed by atoms with Crippen LogP contribution in [0.25, 0.3) is 0 Å². The molecular weight excluding hydrogens is 716 g/mol. The van der Waals surface area contributed by atoms with Gasteiger partial charge in [0.2, 0.25) is 29.4 Å². The number of carbonyl (C=O) groups is 8. The maximum atomic E-state index is 14.4. The van der Waals surface area contributed by atoms with Crippen LogP contribution in [0.1, 0.15) is 127 Å². The van der Waals surface area contributed by atoms with E-state index < -0.39 is 107 Å². The van der Waals surface area contributed by atoms with Gasteiger partial charge < -0.3 is 46.1 Å². The van der Waals surface area contributed by atoms with Gasteiger partial charge >= 0.3 is 12.1 Å². The maximum absolute atomic E-state index is 14.4. The van der Waals surface area contributed by atoms with Crippen molar-refractivity contribution in [1.29, 1.82) is 0 Å². The number of hydrogen-bond acceptors (Lipinski definition) is 11. The number of carbonyl (C=O) groups excluding carboxylic acids is 8. The van der Waals surface area contributed by atoms with Crippen LogP contribution in [0.3, 0.4) is 0 Å². The van der Waals surface area contributed by atoms with Crippen molar-refractivity contribution in [2.24, 2.45) is 11.7 Å². The monoisotopic (exact) mass is 780 g/mol. The molecule has 1 heterocycles. The highest BCUT2D eigenvalue weighted by Gasteiger charge is 2.46. The Morgan fingerprint density at radius 3 is 1.91 bits per heavy atom. The van der Waals surface area contributed by atoms with E-state index in [0.29, 0.717) is 19.3 Å². The molecule has 6 amide bonds. The molecule has 1 unspecified atom stereocenters. The standard InChI is InChI=1S/C38H64N6O11/c1-11-15-24(30(47)33(50)40-20-27(45)41-25(31(39)48)19-28(46)54-37(5,6)7)42-32(49)26-18-23(53-36(2,3)4)21-44(26)34(51)29(22-16-13-12-14-17-22)43-35(52)55-38(8,9)10/h22-26,29H,11-21H2,1-10H3,(H2,39,48)(H,40,50)(H,41,45)(H,42,49)(H,43,52)/t23-,24?,25+,26+,29+/m1/s1. The van der Waals surface area contributed by atoms with Crippen LogP contribution in [0.4, 0.5) is 4.79 Å². The summed E-state index contributed by atoms with van der Waals surface area (Å²) in [5, 5.41) is 9.87. The Hall–Kier alpha value is -4.28. The predicted molar refractivity (Wildman–Crippen MR) is 201 cm³/mol. The van der Waals surface area contributed by atoms with E-state index in [4.69, 9.17) is 19.9 Å². The van der Waals surface area contributed by atoms with E-state index in [-0.39, 0.29) is 25.3 Å². The topological polar surface area (TPSA) is 242 Å². The third-order valence-corrected chi connectivity index (χ3v) is 8.74. The predicted octanol–water partition coefficient (Wildman–Crippen LogP) is 1.92. The van der Waals surface area contributed by atoms with E-state index in [1.165, 1.54) is 4.90 Å². The molecule has 0 aromatic heterocycles. The fraction of sp³-hybridized carbons (Fsp3) is 0.789. The van der Waals surface area contributed by atoms with Crippen molar-refractivity contribution in [3.63, 3.8) is 0 Å². The largest absolute Gasteiger partial charge is 0.460 e. The summed E-state index contributed by atoms with van der Waals surface area (Å²) in [6.45, 7) is 16.7. The van der Waals surface area contributed by atoms with Crippen molar-refractivity contribution < 1.29 is 52.6 Å². The van der Waals surface area contributed by atoms with Gasteiger partial charge in [0.05, 0.1) is 30.7 Å². The number of alkyl carbamates (subject to hydrolysis) is 1. The van der Waals surface area contributed by atoms with Crippen LogP contribution >= 0.6 is 0 Å². The lowest BCUT2D eigenvalue weighted by Crippen LogP contribution is -2.58. The van der Waals surface area contributed by atoms with Crippen molar-refractivity contribution in [3.8, 4) is 0 Å². The first-order valence-electron chi connectivity index (χ1n) is 19.2. The molecule has 55 heavy (non-hydrogen) atoms. The molecule has 1 aliphatic heterocycles. The van der Waals surface area contributed by atoms with Crippen LogP contribution in [0, 0.1) is 5.92 Å². The summed E-state index contributed by atoms with van der Waals surface area (Å²) >= 11 is 0. The quantitative estimate of drug-likeness (QED) is 0.112. The number of nitrogens with one attached hydrogen (secondary N) is 4. The molecule has 2 rings (SSSR count). The Balaban J connectivity index is 2.23. The number of nitrogens with zero attached hydrogens (tertiary/aromatic N) is 1. The van der Waals surface area contributed by atoms with E-state index >= 15 is 0 Å². The van der Waals surface area contributed by atoms with E-state index in [2.05, 4.69) is 21.3 Å². The number of ketones is 1. The Bertz CT molecular complexity index is 1410. The lowest BCUT2D eigenvalue weighted by atomic mass is 9.83. The normalized spacial score (nSPS) is 19.6. The minimum atomic E-state index is -1.43. The van der Waals surface area contributed by atoms with Crippen LogP contribution in [0.2, 0.25) is 0 Å². The molecule has 0 spiro atoms. The van der Waals surface area contributed by atoms with Gasteiger partial charge in [0, 0.05) is 13.0 Å². The average Bonchev–Trinajstić information content (AvgIpc) is 3.46. The Morgan fingerprint density at radius 1 is 0.782 bits per heavy atom. The SMILES string of the molecule is CCCC(NC(=O)[C@@H]1C[C@@H](OC(C)(C)C)CN1C(=O)[C@@H](NC(=O)OC(C)(C)C)C1CCCCC1)C(=O)C(=O)NCC(=O)N[C@@H](CC(=O)OC(C)(C)C)C(N)=O. The lowest BCUT2D eigenvalue weighted by Gasteiger charge is -2.35. The van der Waals surface area contributed by atoms with Crippen molar-refractivity contribution in [2.45, 2.75) is 174 Å². The second kappa shape index (κ2) is 20.1. The van der Waals surface area contributed by atoms with Crippen LogP contribution in [0.5, 0.6) is 0 Å². The Kier molecular flexibility index (Phi) is 17.1. The zero-order valence-electron chi connectivity index (χ0n) is 34.3. The number of ether oxygens (including phenoxy) is 3. The fourth-order valence-corrected chi connectivity index (χ4v) is 6.59. The molecule has 0 radical (unpaired) electrons. The molecule has 0 aromatic rings. The molecule has 2 aliphatic rings. The average molecular weight is 781 g/mol. The van der Waals surface area contributed by atoms with E-state index in [1.54, 1.807) is 48.5 Å².